The van der Waals surface area contributed by atoms with Gasteiger partial charge in [0.1, 0.15) is 0 Å². The second kappa shape index (κ2) is 6.94. The van der Waals surface area contributed by atoms with E-state index in [2.05, 4.69) is 24.1 Å². The molecule has 0 aliphatic carbocycles. The van der Waals surface area contributed by atoms with Crippen LogP contribution >= 0.6 is 0 Å². The fourth-order valence-electron chi connectivity index (χ4n) is 3.15. The summed E-state index contributed by atoms with van der Waals surface area (Å²) in [5.41, 5.74) is 7.63. The number of nitrogens with zero attached hydrogens (tertiary/aromatic N) is 1. The standard InChI is InChI=1S/C17H27N3O/c1-3-17(4-2)9-11-20(13-17)10-8-16(21)19-15-7-5-6-14(18)12-15/h5-7,12H,3-4,8-11,13,18H2,1-2H3,(H,19,21). The van der Waals surface area contributed by atoms with Crippen LogP contribution in [0.5, 0.6) is 0 Å². The fraction of sp³-hybridized carbons (Fsp3) is 0.588. The third-order valence-electron chi connectivity index (χ3n) is 4.84. The predicted molar refractivity (Wildman–Crippen MR) is 88.2 cm³/mol. The molecule has 1 aromatic carbocycles. The van der Waals surface area contributed by atoms with Crippen molar-refractivity contribution < 1.29 is 4.79 Å². The van der Waals surface area contributed by atoms with Gasteiger partial charge in [-0.3, -0.25) is 4.79 Å². The summed E-state index contributed by atoms with van der Waals surface area (Å²) in [5, 5.41) is 2.91. The minimum Gasteiger partial charge on any atom is -0.399 e. The first-order chi connectivity index (χ1) is 10.1. The third-order valence-corrected chi connectivity index (χ3v) is 4.84. The molecule has 0 radical (unpaired) electrons. The minimum atomic E-state index is 0.0612. The molecule has 4 heteroatoms. The molecule has 1 aromatic rings. The van der Waals surface area contributed by atoms with Gasteiger partial charge in [0.2, 0.25) is 5.91 Å². The highest BCUT2D eigenvalue weighted by Crippen LogP contribution is 2.36. The number of nitrogen functional groups attached to an aromatic ring is 1. The first-order valence-electron chi connectivity index (χ1n) is 7.94. The van der Waals surface area contributed by atoms with Crippen molar-refractivity contribution in [2.24, 2.45) is 5.41 Å². The minimum absolute atomic E-state index is 0.0612. The first-order valence-corrected chi connectivity index (χ1v) is 7.94. The van der Waals surface area contributed by atoms with Gasteiger partial charge < -0.3 is 16.0 Å². The van der Waals surface area contributed by atoms with Gasteiger partial charge in [-0.05, 0) is 49.4 Å². The number of nitrogens with one attached hydrogen (secondary N) is 1. The number of hydrogen-bond acceptors (Lipinski definition) is 3. The summed E-state index contributed by atoms with van der Waals surface area (Å²) in [6, 6.07) is 7.31. The van der Waals surface area contributed by atoms with Crippen LogP contribution in [0.15, 0.2) is 24.3 Å². The van der Waals surface area contributed by atoms with E-state index in [-0.39, 0.29) is 5.91 Å². The summed E-state index contributed by atoms with van der Waals surface area (Å²) >= 11 is 0. The molecule has 1 aliphatic heterocycles. The molecule has 0 aromatic heterocycles. The Labute approximate surface area is 127 Å². The molecule has 4 nitrogen and oxygen atoms in total. The lowest BCUT2D eigenvalue weighted by Crippen LogP contribution is -2.29. The van der Waals surface area contributed by atoms with Crippen molar-refractivity contribution in [1.82, 2.24) is 4.90 Å². The lowest BCUT2D eigenvalue weighted by Gasteiger charge is -2.26. The molecule has 3 N–H and O–H groups in total. The van der Waals surface area contributed by atoms with Crippen molar-refractivity contribution in [3.05, 3.63) is 24.3 Å². The van der Waals surface area contributed by atoms with E-state index in [9.17, 15) is 4.79 Å². The maximum Gasteiger partial charge on any atom is 0.225 e. The smallest absolute Gasteiger partial charge is 0.225 e. The Balaban J connectivity index is 1.77. The lowest BCUT2D eigenvalue weighted by atomic mass is 9.82. The van der Waals surface area contributed by atoms with Gasteiger partial charge >= 0.3 is 0 Å². The Hall–Kier alpha value is -1.55. The van der Waals surface area contributed by atoms with Crippen LogP contribution in [0, 0.1) is 5.41 Å². The Morgan fingerprint density at radius 3 is 2.76 bits per heavy atom. The van der Waals surface area contributed by atoms with Gasteiger partial charge in [-0.15, -0.1) is 0 Å². The van der Waals surface area contributed by atoms with Crippen molar-refractivity contribution in [1.29, 1.82) is 0 Å². The average molecular weight is 289 g/mol. The van der Waals surface area contributed by atoms with Gasteiger partial charge in [0.05, 0.1) is 0 Å². The maximum absolute atomic E-state index is 12.0. The van der Waals surface area contributed by atoms with E-state index in [1.165, 1.54) is 19.3 Å². The first kappa shape index (κ1) is 15.8. The normalized spacial score (nSPS) is 17.8. The highest BCUT2D eigenvalue weighted by Gasteiger charge is 2.34. The van der Waals surface area contributed by atoms with Crippen molar-refractivity contribution in [2.75, 3.05) is 30.7 Å². The van der Waals surface area contributed by atoms with Gasteiger partial charge in [-0.1, -0.05) is 19.9 Å². The monoisotopic (exact) mass is 289 g/mol. The second-order valence-corrected chi connectivity index (χ2v) is 6.16. The van der Waals surface area contributed by atoms with Crippen LogP contribution < -0.4 is 11.1 Å². The molecule has 116 valence electrons. The van der Waals surface area contributed by atoms with Gasteiger partial charge in [-0.2, -0.15) is 0 Å². The molecule has 1 aliphatic rings. The molecule has 0 atom stereocenters. The number of hydrogen-bond donors (Lipinski definition) is 2. The Morgan fingerprint density at radius 1 is 1.38 bits per heavy atom. The number of amides is 1. The summed E-state index contributed by atoms with van der Waals surface area (Å²) in [6.45, 7) is 7.65. The largest absolute Gasteiger partial charge is 0.399 e. The van der Waals surface area contributed by atoms with Crippen LogP contribution in [0.3, 0.4) is 0 Å². The average Bonchev–Trinajstić information content (AvgIpc) is 2.89. The summed E-state index contributed by atoms with van der Waals surface area (Å²) in [6.07, 6.45) is 4.26. The van der Waals surface area contributed by atoms with E-state index < -0.39 is 0 Å². The van der Waals surface area contributed by atoms with Crippen molar-refractivity contribution in [3.63, 3.8) is 0 Å². The fourth-order valence-corrected chi connectivity index (χ4v) is 3.15. The second-order valence-electron chi connectivity index (χ2n) is 6.16. The van der Waals surface area contributed by atoms with Crippen molar-refractivity contribution in [3.8, 4) is 0 Å². The third kappa shape index (κ3) is 4.21. The molecule has 1 saturated heterocycles. The molecule has 21 heavy (non-hydrogen) atoms. The summed E-state index contributed by atoms with van der Waals surface area (Å²) in [5.74, 6) is 0.0612. The van der Waals surface area contributed by atoms with E-state index >= 15 is 0 Å². The molecule has 0 unspecified atom stereocenters. The Bertz CT molecular complexity index is 483. The molecule has 1 amide bonds. The van der Waals surface area contributed by atoms with Crippen LogP contribution in [0.1, 0.15) is 39.5 Å². The number of rotatable bonds is 6. The summed E-state index contributed by atoms with van der Waals surface area (Å²) in [4.78, 5) is 14.4. The van der Waals surface area contributed by atoms with Crippen LogP contribution in [0.4, 0.5) is 11.4 Å². The molecular formula is C17H27N3O. The van der Waals surface area contributed by atoms with Crippen LogP contribution in [-0.4, -0.2) is 30.4 Å². The van der Waals surface area contributed by atoms with E-state index in [0.29, 0.717) is 17.5 Å². The molecule has 1 heterocycles. The number of carbonyl (C=O) groups excluding carboxylic acids is 1. The molecule has 0 bridgehead atoms. The highest BCUT2D eigenvalue weighted by molar-refractivity contribution is 5.91. The number of carbonyl (C=O) groups is 1. The zero-order valence-corrected chi connectivity index (χ0v) is 13.2. The van der Waals surface area contributed by atoms with Gasteiger partial charge in [0.15, 0.2) is 0 Å². The van der Waals surface area contributed by atoms with Crippen molar-refractivity contribution >= 4 is 17.3 Å². The zero-order chi connectivity index (χ0) is 15.3. The number of anilines is 2. The van der Waals surface area contributed by atoms with E-state index in [1.54, 1.807) is 6.07 Å². The quantitative estimate of drug-likeness (QED) is 0.791. The molecular weight excluding hydrogens is 262 g/mol. The SMILES string of the molecule is CCC1(CC)CCN(CCC(=O)Nc2cccc(N)c2)C1. The molecule has 1 fully saturated rings. The van der Waals surface area contributed by atoms with Gasteiger partial charge in [-0.25, -0.2) is 0 Å². The highest BCUT2D eigenvalue weighted by atomic mass is 16.1. The summed E-state index contributed by atoms with van der Waals surface area (Å²) in [7, 11) is 0. The van der Waals surface area contributed by atoms with E-state index in [4.69, 9.17) is 5.73 Å². The Morgan fingerprint density at radius 2 is 2.14 bits per heavy atom. The predicted octanol–water partition coefficient (Wildman–Crippen LogP) is 3.11. The topological polar surface area (TPSA) is 58.4 Å². The van der Waals surface area contributed by atoms with Crippen LogP contribution in [0.25, 0.3) is 0 Å². The molecule has 2 rings (SSSR count). The van der Waals surface area contributed by atoms with Gasteiger partial charge in [0.25, 0.3) is 0 Å². The van der Waals surface area contributed by atoms with E-state index in [1.807, 2.05) is 18.2 Å². The maximum atomic E-state index is 12.0. The summed E-state index contributed by atoms with van der Waals surface area (Å²) < 4.78 is 0. The number of likely N-dealkylation sites (tertiary alicyclic amines) is 1. The number of benzene rings is 1. The lowest BCUT2D eigenvalue weighted by molar-refractivity contribution is -0.116. The van der Waals surface area contributed by atoms with Crippen LogP contribution in [-0.2, 0) is 4.79 Å². The molecule has 0 spiro atoms. The Kier molecular flexibility index (Phi) is 5.23. The van der Waals surface area contributed by atoms with E-state index in [0.717, 1.165) is 25.3 Å². The zero-order valence-electron chi connectivity index (χ0n) is 13.2. The van der Waals surface area contributed by atoms with Crippen molar-refractivity contribution in [2.45, 2.75) is 39.5 Å². The van der Waals surface area contributed by atoms with Gasteiger partial charge in [0, 0.05) is 30.9 Å². The number of nitrogens with two attached hydrogens (primary N) is 1. The molecule has 0 saturated carbocycles. The van der Waals surface area contributed by atoms with Crippen LogP contribution in [0.2, 0.25) is 0 Å².